The van der Waals surface area contributed by atoms with Gasteiger partial charge in [0.25, 0.3) is 0 Å². The van der Waals surface area contributed by atoms with Crippen LogP contribution in [0.3, 0.4) is 0 Å². The van der Waals surface area contributed by atoms with Gasteiger partial charge in [-0.2, -0.15) is 0 Å². The van der Waals surface area contributed by atoms with E-state index in [9.17, 15) is 9.59 Å². The van der Waals surface area contributed by atoms with Crippen LogP contribution in [-0.4, -0.2) is 34.4 Å². The highest BCUT2D eigenvalue weighted by Crippen LogP contribution is 2.18. The molecule has 22 heavy (non-hydrogen) atoms. The fourth-order valence-corrected chi connectivity index (χ4v) is 1.57. The van der Waals surface area contributed by atoms with Crippen molar-refractivity contribution in [2.24, 2.45) is 11.7 Å². The Kier molecular flexibility index (Phi) is 5.99. The molecule has 0 aromatic carbocycles. The number of rotatable bonds is 5. The lowest BCUT2D eigenvalue weighted by Gasteiger charge is -2.16. The highest BCUT2D eigenvalue weighted by atomic mass is 16.2. The third-order valence-corrected chi connectivity index (χ3v) is 3.05. The van der Waals surface area contributed by atoms with Crippen LogP contribution in [0.15, 0.2) is 12.4 Å². The summed E-state index contributed by atoms with van der Waals surface area (Å²) < 4.78 is 0. The second-order valence-corrected chi connectivity index (χ2v) is 6.58. The molecular weight excluding hydrogens is 282 g/mol. The van der Waals surface area contributed by atoms with Crippen molar-refractivity contribution >= 4 is 17.5 Å². The molecule has 0 unspecified atom stereocenters. The smallest absolute Gasteiger partial charge is 0.243 e. The molecule has 4 N–H and O–H groups in total. The number of aromatic nitrogens is 2. The molecule has 2 amide bonds. The summed E-state index contributed by atoms with van der Waals surface area (Å²) in [6.07, 6.45) is 3.10. The first-order valence-electron chi connectivity index (χ1n) is 7.27. The van der Waals surface area contributed by atoms with E-state index in [2.05, 4.69) is 20.6 Å². The number of nitrogens with one attached hydrogen (secondary N) is 2. The SMILES string of the molecule is CC(C)[C@H](N)C(=O)NCC(=O)Nc1cnc(C(C)(C)C)nc1. The molecule has 0 saturated carbocycles. The molecule has 1 atom stereocenters. The van der Waals surface area contributed by atoms with Crippen molar-refractivity contribution in [2.45, 2.75) is 46.1 Å². The highest BCUT2D eigenvalue weighted by Gasteiger charge is 2.18. The maximum Gasteiger partial charge on any atom is 0.243 e. The lowest BCUT2D eigenvalue weighted by molar-refractivity contribution is -0.125. The molecule has 7 heteroatoms. The van der Waals surface area contributed by atoms with E-state index in [4.69, 9.17) is 5.73 Å². The Bertz CT molecular complexity index is 520. The van der Waals surface area contributed by atoms with Crippen molar-refractivity contribution in [2.75, 3.05) is 11.9 Å². The summed E-state index contributed by atoms with van der Waals surface area (Å²) in [4.78, 5) is 31.9. The largest absolute Gasteiger partial charge is 0.346 e. The van der Waals surface area contributed by atoms with Gasteiger partial charge in [-0.05, 0) is 5.92 Å². The monoisotopic (exact) mass is 307 g/mol. The van der Waals surface area contributed by atoms with Gasteiger partial charge in [0.1, 0.15) is 5.82 Å². The van der Waals surface area contributed by atoms with Crippen LogP contribution in [0.5, 0.6) is 0 Å². The average molecular weight is 307 g/mol. The summed E-state index contributed by atoms with van der Waals surface area (Å²) in [5.74, 6) is 0.0176. The van der Waals surface area contributed by atoms with E-state index in [0.717, 1.165) is 0 Å². The normalized spacial score (nSPS) is 12.9. The predicted molar refractivity (Wildman–Crippen MR) is 85.2 cm³/mol. The number of carbonyl (C=O) groups is 2. The van der Waals surface area contributed by atoms with Crippen LogP contribution in [0.25, 0.3) is 0 Å². The van der Waals surface area contributed by atoms with Gasteiger partial charge in [0.2, 0.25) is 11.8 Å². The zero-order valence-corrected chi connectivity index (χ0v) is 13.8. The van der Waals surface area contributed by atoms with E-state index >= 15 is 0 Å². The molecule has 0 aliphatic rings. The molecule has 0 radical (unpaired) electrons. The van der Waals surface area contributed by atoms with Crippen molar-refractivity contribution in [3.8, 4) is 0 Å². The average Bonchev–Trinajstić information content (AvgIpc) is 2.43. The Morgan fingerprint density at radius 3 is 2.23 bits per heavy atom. The number of nitrogens with zero attached hydrogens (tertiary/aromatic N) is 2. The first kappa shape index (κ1) is 18.0. The Labute approximate surface area is 131 Å². The van der Waals surface area contributed by atoms with Crippen molar-refractivity contribution in [1.29, 1.82) is 0 Å². The van der Waals surface area contributed by atoms with Gasteiger partial charge in [-0.15, -0.1) is 0 Å². The topological polar surface area (TPSA) is 110 Å². The Balaban J connectivity index is 2.51. The fourth-order valence-electron chi connectivity index (χ4n) is 1.57. The van der Waals surface area contributed by atoms with Gasteiger partial charge < -0.3 is 16.4 Å². The van der Waals surface area contributed by atoms with Crippen LogP contribution in [0, 0.1) is 5.92 Å². The van der Waals surface area contributed by atoms with Crippen LogP contribution >= 0.6 is 0 Å². The first-order valence-corrected chi connectivity index (χ1v) is 7.27. The zero-order chi connectivity index (χ0) is 16.9. The number of anilines is 1. The summed E-state index contributed by atoms with van der Waals surface area (Å²) in [6, 6.07) is -0.623. The van der Waals surface area contributed by atoms with E-state index in [-0.39, 0.29) is 29.7 Å². The molecule has 1 aromatic rings. The summed E-state index contributed by atoms with van der Waals surface area (Å²) in [5, 5.41) is 5.13. The number of hydrogen-bond acceptors (Lipinski definition) is 5. The highest BCUT2D eigenvalue weighted by molar-refractivity contribution is 5.95. The minimum absolute atomic E-state index is 0.0152. The molecule has 1 rings (SSSR count). The van der Waals surface area contributed by atoms with Crippen molar-refractivity contribution in [1.82, 2.24) is 15.3 Å². The van der Waals surface area contributed by atoms with Crippen molar-refractivity contribution in [3.05, 3.63) is 18.2 Å². The van der Waals surface area contributed by atoms with E-state index < -0.39 is 6.04 Å². The summed E-state index contributed by atoms with van der Waals surface area (Å²) in [6.45, 7) is 9.58. The molecule has 0 bridgehead atoms. The molecule has 1 heterocycles. The molecule has 1 aromatic heterocycles. The maximum absolute atomic E-state index is 11.8. The fraction of sp³-hybridized carbons (Fsp3) is 0.600. The first-order chi connectivity index (χ1) is 10.1. The summed E-state index contributed by atoms with van der Waals surface area (Å²) in [5.41, 5.74) is 6.03. The van der Waals surface area contributed by atoms with E-state index in [1.54, 1.807) is 12.4 Å². The van der Waals surface area contributed by atoms with Gasteiger partial charge in [0, 0.05) is 5.41 Å². The van der Waals surface area contributed by atoms with E-state index in [0.29, 0.717) is 11.5 Å². The second-order valence-electron chi connectivity index (χ2n) is 6.58. The van der Waals surface area contributed by atoms with Gasteiger partial charge in [-0.3, -0.25) is 9.59 Å². The third-order valence-electron chi connectivity index (χ3n) is 3.05. The predicted octanol–water partition coefficient (Wildman–Crippen LogP) is 0.812. The third kappa shape index (κ3) is 5.40. The second kappa shape index (κ2) is 7.31. The van der Waals surface area contributed by atoms with Crippen molar-refractivity contribution < 1.29 is 9.59 Å². The van der Waals surface area contributed by atoms with Gasteiger partial charge >= 0.3 is 0 Å². The molecular formula is C15H25N5O2. The molecule has 7 nitrogen and oxygen atoms in total. The molecule has 0 saturated heterocycles. The van der Waals surface area contributed by atoms with Crippen LogP contribution in [-0.2, 0) is 15.0 Å². The maximum atomic E-state index is 11.8. The number of nitrogens with two attached hydrogens (primary N) is 1. The van der Waals surface area contributed by atoms with Crippen LogP contribution < -0.4 is 16.4 Å². The quantitative estimate of drug-likeness (QED) is 0.745. The molecule has 122 valence electrons. The zero-order valence-electron chi connectivity index (χ0n) is 13.8. The van der Waals surface area contributed by atoms with Gasteiger partial charge in [-0.1, -0.05) is 34.6 Å². The molecule has 0 spiro atoms. The standard InChI is InChI=1S/C15H25N5O2/c1-9(2)12(16)13(22)17-8-11(21)20-10-6-18-14(19-7-10)15(3,4)5/h6-7,9,12H,8,16H2,1-5H3,(H,17,22)(H,20,21)/t12-/m0/s1. The van der Waals surface area contributed by atoms with Gasteiger partial charge in [-0.25, -0.2) is 9.97 Å². The molecule has 0 aliphatic carbocycles. The lowest BCUT2D eigenvalue weighted by Crippen LogP contribution is -2.46. The Morgan fingerprint density at radius 1 is 1.23 bits per heavy atom. The Morgan fingerprint density at radius 2 is 1.77 bits per heavy atom. The van der Waals surface area contributed by atoms with Gasteiger partial charge in [0.05, 0.1) is 30.7 Å². The van der Waals surface area contributed by atoms with Crippen LogP contribution in [0.2, 0.25) is 0 Å². The molecule has 0 fully saturated rings. The van der Waals surface area contributed by atoms with E-state index in [1.807, 2.05) is 34.6 Å². The van der Waals surface area contributed by atoms with Crippen molar-refractivity contribution in [3.63, 3.8) is 0 Å². The Hall–Kier alpha value is -2.02. The number of hydrogen-bond donors (Lipinski definition) is 3. The lowest BCUT2D eigenvalue weighted by atomic mass is 9.96. The van der Waals surface area contributed by atoms with Gasteiger partial charge in [0.15, 0.2) is 0 Å². The minimum atomic E-state index is -0.623. The molecule has 0 aliphatic heterocycles. The summed E-state index contributed by atoms with van der Waals surface area (Å²) in [7, 11) is 0. The van der Waals surface area contributed by atoms with Crippen LogP contribution in [0.4, 0.5) is 5.69 Å². The van der Waals surface area contributed by atoms with Crippen LogP contribution in [0.1, 0.15) is 40.4 Å². The number of amides is 2. The minimum Gasteiger partial charge on any atom is -0.346 e. The number of carbonyl (C=O) groups excluding carboxylic acids is 2. The van der Waals surface area contributed by atoms with E-state index in [1.165, 1.54) is 0 Å². The summed E-state index contributed by atoms with van der Waals surface area (Å²) >= 11 is 0.